The number of nitrogens with one attached hydrogen (secondary N) is 1. The lowest BCUT2D eigenvalue weighted by Crippen LogP contribution is -2.23. The van der Waals surface area contributed by atoms with Gasteiger partial charge in [-0.3, -0.25) is 4.79 Å². The largest absolute Gasteiger partial charge is 0.353 e. The van der Waals surface area contributed by atoms with Crippen molar-refractivity contribution in [1.29, 1.82) is 0 Å². The zero-order valence-electron chi connectivity index (χ0n) is 13.1. The summed E-state index contributed by atoms with van der Waals surface area (Å²) in [4.78, 5) is 11.9. The minimum Gasteiger partial charge on any atom is -0.353 e. The highest BCUT2D eigenvalue weighted by atomic mass is 16.1. The third-order valence-corrected chi connectivity index (χ3v) is 4.18. The van der Waals surface area contributed by atoms with E-state index in [2.05, 4.69) is 47.8 Å². The van der Waals surface area contributed by atoms with Gasteiger partial charge in [0.2, 0.25) is 5.91 Å². The van der Waals surface area contributed by atoms with Crippen LogP contribution in [0.25, 0.3) is 17.2 Å². The monoisotopic (exact) mass is 291 g/mol. The van der Waals surface area contributed by atoms with Gasteiger partial charge in [-0.1, -0.05) is 36.4 Å². The fraction of sp³-hybridized carbons (Fsp3) is 0.250. The molecule has 2 heteroatoms. The molecule has 2 nitrogen and oxygen atoms in total. The quantitative estimate of drug-likeness (QED) is 0.851. The van der Waals surface area contributed by atoms with Crippen LogP contribution in [0.2, 0.25) is 0 Å². The molecule has 0 aliphatic heterocycles. The third-order valence-electron chi connectivity index (χ3n) is 4.18. The van der Waals surface area contributed by atoms with Gasteiger partial charge in [0.05, 0.1) is 0 Å². The van der Waals surface area contributed by atoms with E-state index in [0.717, 1.165) is 24.0 Å². The Bertz CT molecular complexity index is 743. The summed E-state index contributed by atoms with van der Waals surface area (Å²) in [7, 11) is 0. The van der Waals surface area contributed by atoms with Crippen LogP contribution in [-0.4, -0.2) is 12.5 Å². The number of aryl methyl sites for hydroxylation is 2. The third kappa shape index (κ3) is 2.82. The lowest BCUT2D eigenvalue weighted by atomic mass is 9.84. The average molecular weight is 291 g/mol. The summed E-state index contributed by atoms with van der Waals surface area (Å²) >= 11 is 0. The predicted octanol–water partition coefficient (Wildman–Crippen LogP) is 3.99. The minimum absolute atomic E-state index is 0.000575. The molecular weight excluding hydrogens is 270 g/mol. The van der Waals surface area contributed by atoms with Crippen LogP contribution in [0.4, 0.5) is 0 Å². The van der Waals surface area contributed by atoms with E-state index in [4.69, 9.17) is 0 Å². The number of benzene rings is 2. The van der Waals surface area contributed by atoms with Crippen molar-refractivity contribution >= 4 is 12.0 Å². The normalized spacial score (nSPS) is 13.3. The summed E-state index contributed by atoms with van der Waals surface area (Å²) in [6, 6.07) is 15.1. The summed E-state index contributed by atoms with van der Waals surface area (Å²) < 4.78 is 0. The number of likely N-dealkylation sites (N-methyl/N-ethyl adjacent to an activating group) is 1. The molecule has 0 atom stereocenters. The summed E-state index contributed by atoms with van der Waals surface area (Å²) in [5, 5.41) is 2.84. The number of fused-ring (bicyclic) bond motifs is 3. The molecule has 0 fully saturated rings. The molecule has 0 radical (unpaired) electrons. The summed E-state index contributed by atoms with van der Waals surface area (Å²) in [5.41, 5.74) is 7.27. The Hall–Kier alpha value is -2.35. The van der Waals surface area contributed by atoms with Crippen molar-refractivity contribution in [2.24, 2.45) is 0 Å². The molecule has 0 saturated carbocycles. The van der Waals surface area contributed by atoms with Crippen molar-refractivity contribution in [1.82, 2.24) is 5.32 Å². The first-order valence-corrected chi connectivity index (χ1v) is 7.86. The van der Waals surface area contributed by atoms with Gasteiger partial charge in [0.1, 0.15) is 0 Å². The second-order valence-corrected chi connectivity index (χ2v) is 5.76. The fourth-order valence-electron chi connectivity index (χ4n) is 3.04. The smallest absolute Gasteiger partial charge is 0.246 e. The molecule has 0 saturated heterocycles. The first kappa shape index (κ1) is 14.6. The lowest BCUT2D eigenvalue weighted by molar-refractivity contribution is -0.117. The minimum atomic E-state index is 0.000575. The van der Waals surface area contributed by atoms with Crippen LogP contribution in [0, 0.1) is 0 Å². The fourth-order valence-corrected chi connectivity index (χ4v) is 3.04. The van der Waals surface area contributed by atoms with E-state index >= 15 is 0 Å². The van der Waals surface area contributed by atoms with E-state index in [1.54, 1.807) is 0 Å². The van der Waals surface area contributed by atoms with Gasteiger partial charge in [-0.15, -0.1) is 0 Å². The van der Waals surface area contributed by atoms with Gasteiger partial charge in [0, 0.05) is 12.1 Å². The van der Waals surface area contributed by atoms with E-state index in [1.165, 1.54) is 22.3 Å². The Morgan fingerprint density at radius 3 is 2.59 bits per heavy atom. The number of carbonyl (C=O) groups excluding carboxylic acids is 1. The van der Waals surface area contributed by atoms with Gasteiger partial charge < -0.3 is 5.32 Å². The SMILES string of the molecule is CCNC(=O)/C(C)=C\c1ccc2c(c1)-c1ccccc1CC2. The maximum atomic E-state index is 11.9. The van der Waals surface area contributed by atoms with Gasteiger partial charge in [0.25, 0.3) is 0 Å². The Kier molecular flexibility index (Phi) is 4.10. The Labute approximate surface area is 131 Å². The number of hydrogen-bond donors (Lipinski definition) is 1. The molecule has 2 aromatic carbocycles. The van der Waals surface area contributed by atoms with Gasteiger partial charge in [-0.2, -0.15) is 0 Å². The van der Waals surface area contributed by atoms with Crippen molar-refractivity contribution in [3.8, 4) is 11.1 Å². The van der Waals surface area contributed by atoms with Crippen molar-refractivity contribution in [2.75, 3.05) is 6.54 Å². The first-order valence-electron chi connectivity index (χ1n) is 7.86. The van der Waals surface area contributed by atoms with Crippen molar-refractivity contribution in [3.05, 3.63) is 64.7 Å². The first-order chi connectivity index (χ1) is 10.7. The molecule has 112 valence electrons. The highest BCUT2D eigenvalue weighted by Crippen LogP contribution is 2.34. The summed E-state index contributed by atoms with van der Waals surface area (Å²) in [6.45, 7) is 4.45. The van der Waals surface area contributed by atoms with Crippen LogP contribution >= 0.6 is 0 Å². The van der Waals surface area contributed by atoms with Crippen molar-refractivity contribution in [3.63, 3.8) is 0 Å². The molecule has 0 aromatic heterocycles. The molecule has 1 N–H and O–H groups in total. The highest BCUT2D eigenvalue weighted by molar-refractivity contribution is 5.97. The molecule has 0 bridgehead atoms. The maximum absolute atomic E-state index is 11.9. The van der Waals surface area contributed by atoms with E-state index in [9.17, 15) is 4.79 Å². The molecule has 0 heterocycles. The van der Waals surface area contributed by atoms with Crippen molar-refractivity contribution in [2.45, 2.75) is 26.7 Å². The maximum Gasteiger partial charge on any atom is 0.246 e. The second-order valence-electron chi connectivity index (χ2n) is 5.76. The number of amides is 1. The number of hydrogen-bond acceptors (Lipinski definition) is 1. The number of carbonyl (C=O) groups is 1. The Morgan fingerprint density at radius 1 is 1.09 bits per heavy atom. The molecule has 2 aromatic rings. The Balaban J connectivity index is 1.98. The molecule has 3 rings (SSSR count). The van der Waals surface area contributed by atoms with Crippen LogP contribution in [0.1, 0.15) is 30.5 Å². The average Bonchev–Trinajstić information content (AvgIpc) is 2.55. The van der Waals surface area contributed by atoms with Crippen LogP contribution in [0.3, 0.4) is 0 Å². The lowest BCUT2D eigenvalue weighted by Gasteiger charge is -2.20. The van der Waals surface area contributed by atoms with E-state index in [-0.39, 0.29) is 5.91 Å². The van der Waals surface area contributed by atoms with Gasteiger partial charge >= 0.3 is 0 Å². The van der Waals surface area contributed by atoms with Gasteiger partial charge in [0.15, 0.2) is 0 Å². The summed E-state index contributed by atoms with van der Waals surface area (Å²) in [5.74, 6) is 0.000575. The molecular formula is C20H21NO. The molecule has 1 amide bonds. The summed E-state index contributed by atoms with van der Waals surface area (Å²) in [6.07, 6.45) is 4.16. The molecule has 1 aliphatic carbocycles. The highest BCUT2D eigenvalue weighted by Gasteiger charge is 2.15. The van der Waals surface area contributed by atoms with Crippen LogP contribution in [-0.2, 0) is 17.6 Å². The van der Waals surface area contributed by atoms with E-state index < -0.39 is 0 Å². The molecule has 0 spiro atoms. The number of rotatable bonds is 3. The van der Waals surface area contributed by atoms with Crippen LogP contribution in [0.5, 0.6) is 0 Å². The molecule has 0 unspecified atom stereocenters. The van der Waals surface area contributed by atoms with E-state index in [0.29, 0.717) is 6.54 Å². The zero-order chi connectivity index (χ0) is 15.5. The van der Waals surface area contributed by atoms with Gasteiger partial charge in [-0.25, -0.2) is 0 Å². The Morgan fingerprint density at radius 2 is 1.82 bits per heavy atom. The van der Waals surface area contributed by atoms with Crippen LogP contribution in [0.15, 0.2) is 48.0 Å². The molecule has 22 heavy (non-hydrogen) atoms. The predicted molar refractivity (Wildman–Crippen MR) is 91.6 cm³/mol. The van der Waals surface area contributed by atoms with Gasteiger partial charge in [-0.05, 0) is 66.6 Å². The molecule has 1 aliphatic rings. The van der Waals surface area contributed by atoms with Crippen molar-refractivity contribution < 1.29 is 4.79 Å². The topological polar surface area (TPSA) is 29.1 Å². The second kappa shape index (κ2) is 6.18. The zero-order valence-corrected chi connectivity index (χ0v) is 13.1. The van der Waals surface area contributed by atoms with E-state index in [1.807, 2.05) is 19.9 Å². The standard InChI is InChI=1S/C20H21NO/c1-3-21-20(22)14(2)12-15-8-9-17-11-10-16-6-4-5-7-18(16)19(17)13-15/h4-9,12-13H,3,10-11H2,1-2H3,(H,21,22)/b14-12-. The van der Waals surface area contributed by atoms with Crippen LogP contribution < -0.4 is 5.32 Å².